The fourth-order valence-electron chi connectivity index (χ4n) is 3.17. The van der Waals surface area contributed by atoms with Crippen LogP contribution in [0.3, 0.4) is 0 Å². The molecule has 0 spiro atoms. The molecule has 0 aliphatic heterocycles. The number of methoxy groups -OCH3 is 1. The van der Waals surface area contributed by atoms with E-state index < -0.39 is 0 Å². The minimum absolute atomic E-state index is 0.0837. The van der Waals surface area contributed by atoms with E-state index in [9.17, 15) is 5.11 Å². The number of hydrogen-bond acceptors (Lipinski definition) is 3. The minimum Gasteiger partial charge on any atom is -0.493 e. The molecule has 0 heterocycles. The van der Waals surface area contributed by atoms with Crippen molar-refractivity contribution in [2.24, 2.45) is 0 Å². The molecular formula is C23H36O3. The van der Waals surface area contributed by atoms with Gasteiger partial charge >= 0.3 is 0 Å². The average molecular weight is 361 g/mol. The predicted octanol–water partition coefficient (Wildman–Crippen LogP) is 5.61. The number of ether oxygens (including phenoxy) is 2. The van der Waals surface area contributed by atoms with Gasteiger partial charge in [-0.2, -0.15) is 0 Å². The fraction of sp³-hybridized carbons (Fsp3) is 0.652. The average Bonchev–Trinajstić information content (AvgIpc) is 2.66. The summed E-state index contributed by atoms with van der Waals surface area (Å²) in [5, 5.41) is 9.62. The molecule has 1 aromatic rings. The lowest BCUT2D eigenvalue weighted by Crippen LogP contribution is -2.05. The Morgan fingerprint density at radius 1 is 0.923 bits per heavy atom. The normalized spacial score (nSPS) is 10.7. The summed E-state index contributed by atoms with van der Waals surface area (Å²) in [4.78, 5) is 0. The molecule has 1 N–H and O–H groups in total. The molecule has 146 valence electrons. The number of benzene rings is 1. The maximum absolute atomic E-state index is 9.62. The van der Waals surface area contributed by atoms with Crippen LogP contribution in [-0.2, 0) is 18.0 Å². The fourth-order valence-corrected chi connectivity index (χ4v) is 3.17. The summed E-state index contributed by atoms with van der Waals surface area (Å²) in [6.45, 7) is 3.26. The van der Waals surface area contributed by atoms with Gasteiger partial charge in [-0.15, -0.1) is 6.42 Å². The van der Waals surface area contributed by atoms with Crippen molar-refractivity contribution in [1.82, 2.24) is 0 Å². The van der Waals surface area contributed by atoms with Crippen LogP contribution in [0.1, 0.15) is 87.8 Å². The number of terminal acetylenes is 1. The van der Waals surface area contributed by atoms with Gasteiger partial charge in [0.25, 0.3) is 0 Å². The second-order valence-electron chi connectivity index (χ2n) is 6.89. The largest absolute Gasteiger partial charge is 0.493 e. The van der Waals surface area contributed by atoms with Crippen LogP contribution in [0.5, 0.6) is 5.75 Å². The van der Waals surface area contributed by atoms with Crippen LogP contribution in [0.4, 0.5) is 0 Å². The van der Waals surface area contributed by atoms with E-state index in [4.69, 9.17) is 15.9 Å². The number of hydrogen-bond donors (Lipinski definition) is 1. The van der Waals surface area contributed by atoms with Crippen molar-refractivity contribution in [3.8, 4) is 18.1 Å². The predicted molar refractivity (Wildman–Crippen MR) is 108 cm³/mol. The van der Waals surface area contributed by atoms with Crippen LogP contribution in [0.2, 0.25) is 0 Å². The van der Waals surface area contributed by atoms with E-state index in [1.807, 2.05) is 12.1 Å². The highest BCUT2D eigenvalue weighted by atomic mass is 16.5. The van der Waals surface area contributed by atoms with Crippen molar-refractivity contribution < 1.29 is 14.6 Å². The first-order chi connectivity index (χ1) is 12.8. The number of unbranched alkanes of at least 4 members (excludes halogenated alkanes) is 9. The Hall–Kier alpha value is -1.50. The molecule has 26 heavy (non-hydrogen) atoms. The van der Waals surface area contributed by atoms with Gasteiger partial charge in [0.2, 0.25) is 0 Å². The lowest BCUT2D eigenvalue weighted by Gasteiger charge is -2.15. The third-order valence-electron chi connectivity index (χ3n) is 4.62. The molecule has 1 rings (SSSR count). The Kier molecular flexibility index (Phi) is 12.7. The van der Waals surface area contributed by atoms with E-state index >= 15 is 0 Å². The summed E-state index contributed by atoms with van der Waals surface area (Å²) in [5.74, 6) is 3.34. The van der Waals surface area contributed by atoms with E-state index in [1.54, 1.807) is 7.11 Å². The van der Waals surface area contributed by atoms with Crippen LogP contribution >= 0.6 is 0 Å². The standard InChI is InChI=1S/C23H36O3/c1-4-6-7-8-9-10-11-12-13-14-15-26-23-21(18-24)16-20(5-2)17-22(23)19-25-3/h2,16-17,24H,4,6-15,18-19H2,1,3H3. The molecule has 0 fully saturated rings. The quantitative estimate of drug-likeness (QED) is 0.326. The van der Waals surface area contributed by atoms with Gasteiger partial charge in [-0.25, -0.2) is 0 Å². The summed E-state index contributed by atoms with van der Waals surface area (Å²) >= 11 is 0. The third kappa shape index (κ3) is 8.74. The van der Waals surface area contributed by atoms with Crippen molar-refractivity contribution in [1.29, 1.82) is 0 Å². The molecule has 0 amide bonds. The zero-order valence-corrected chi connectivity index (χ0v) is 16.7. The van der Waals surface area contributed by atoms with Crippen LogP contribution < -0.4 is 4.74 Å². The van der Waals surface area contributed by atoms with E-state index in [-0.39, 0.29) is 6.61 Å². The molecule has 0 saturated heterocycles. The smallest absolute Gasteiger partial charge is 0.130 e. The molecule has 3 nitrogen and oxygen atoms in total. The van der Waals surface area contributed by atoms with Crippen molar-refractivity contribution in [3.63, 3.8) is 0 Å². The Morgan fingerprint density at radius 2 is 1.50 bits per heavy atom. The summed E-state index contributed by atoms with van der Waals surface area (Å²) < 4.78 is 11.2. The van der Waals surface area contributed by atoms with E-state index in [0.717, 1.165) is 28.9 Å². The van der Waals surface area contributed by atoms with Crippen LogP contribution in [0, 0.1) is 12.3 Å². The Morgan fingerprint density at radius 3 is 2.04 bits per heavy atom. The van der Waals surface area contributed by atoms with Crippen LogP contribution in [0.15, 0.2) is 12.1 Å². The van der Waals surface area contributed by atoms with Gasteiger partial charge < -0.3 is 14.6 Å². The SMILES string of the molecule is C#Cc1cc(CO)c(OCCCCCCCCCCCC)c(COC)c1. The highest BCUT2D eigenvalue weighted by Crippen LogP contribution is 2.27. The van der Waals surface area contributed by atoms with E-state index in [2.05, 4.69) is 12.8 Å². The molecule has 0 aliphatic carbocycles. The monoisotopic (exact) mass is 360 g/mol. The van der Waals surface area contributed by atoms with Crippen molar-refractivity contribution in [2.45, 2.75) is 84.3 Å². The molecule has 0 aliphatic rings. The lowest BCUT2D eigenvalue weighted by molar-refractivity contribution is 0.178. The van der Waals surface area contributed by atoms with Gasteiger partial charge in [0, 0.05) is 23.8 Å². The molecular weight excluding hydrogens is 324 g/mol. The molecule has 0 bridgehead atoms. The maximum Gasteiger partial charge on any atom is 0.130 e. The first-order valence-electron chi connectivity index (χ1n) is 10.1. The van der Waals surface area contributed by atoms with Crippen LogP contribution in [-0.4, -0.2) is 18.8 Å². The maximum atomic E-state index is 9.62. The zero-order chi connectivity index (χ0) is 19.0. The number of rotatable bonds is 15. The van der Waals surface area contributed by atoms with Crippen molar-refractivity contribution in [2.75, 3.05) is 13.7 Å². The second kappa shape index (κ2) is 14.6. The van der Waals surface area contributed by atoms with Crippen molar-refractivity contribution in [3.05, 3.63) is 28.8 Å². The van der Waals surface area contributed by atoms with E-state index in [1.165, 1.54) is 57.8 Å². The molecule has 0 saturated carbocycles. The lowest BCUT2D eigenvalue weighted by atomic mass is 10.0. The Labute approximate surface area is 160 Å². The molecule has 0 aromatic heterocycles. The molecule has 0 unspecified atom stereocenters. The summed E-state index contributed by atoms with van der Waals surface area (Å²) in [6.07, 6.45) is 18.5. The van der Waals surface area contributed by atoms with Gasteiger partial charge in [0.05, 0.1) is 19.8 Å². The topological polar surface area (TPSA) is 38.7 Å². The van der Waals surface area contributed by atoms with Gasteiger partial charge in [-0.3, -0.25) is 0 Å². The summed E-state index contributed by atoms with van der Waals surface area (Å²) in [5.41, 5.74) is 2.38. The van der Waals surface area contributed by atoms with Gasteiger partial charge in [-0.1, -0.05) is 70.6 Å². The number of aliphatic hydroxyl groups excluding tert-OH is 1. The second-order valence-corrected chi connectivity index (χ2v) is 6.89. The molecule has 0 atom stereocenters. The van der Waals surface area contributed by atoms with Gasteiger partial charge in [0.1, 0.15) is 5.75 Å². The Balaban J connectivity index is 2.31. The first-order valence-corrected chi connectivity index (χ1v) is 10.1. The minimum atomic E-state index is -0.0837. The highest BCUT2D eigenvalue weighted by Gasteiger charge is 2.11. The third-order valence-corrected chi connectivity index (χ3v) is 4.62. The molecule has 3 heteroatoms. The summed E-state index contributed by atoms with van der Waals surface area (Å²) in [7, 11) is 1.65. The summed E-state index contributed by atoms with van der Waals surface area (Å²) in [6, 6.07) is 3.71. The molecule has 1 aromatic carbocycles. The molecule has 0 radical (unpaired) electrons. The number of aliphatic hydroxyl groups is 1. The van der Waals surface area contributed by atoms with Gasteiger partial charge in [-0.05, 0) is 18.6 Å². The first kappa shape index (κ1) is 22.5. The van der Waals surface area contributed by atoms with Crippen molar-refractivity contribution >= 4 is 0 Å². The Bertz CT molecular complexity index is 531. The van der Waals surface area contributed by atoms with Gasteiger partial charge in [0.15, 0.2) is 0 Å². The van der Waals surface area contributed by atoms with Crippen LogP contribution in [0.25, 0.3) is 0 Å². The zero-order valence-electron chi connectivity index (χ0n) is 16.7. The highest BCUT2D eigenvalue weighted by molar-refractivity contribution is 5.49. The van der Waals surface area contributed by atoms with E-state index in [0.29, 0.717) is 13.2 Å².